The molecule has 2 amide bonds. The minimum atomic E-state index is -0.910. The number of carbonyl (C=O) groups excluding carboxylic acids is 2. The molecule has 1 aliphatic rings. The molecular formula is C19H25N3O3. The van der Waals surface area contributed by atoms with Crippen LogP contribution < -0.4 is 5.32 Å². The summed E-state index contributed by atoms with van der Waals surface area (Å²) >= 11 is 0. The van der Waals surface area contributed by atoms with E-state index < -0.39 is 17.7 Å². The summed E-state index contributed by atoms with van der Waals surface area (Å²) in [5.41, 5.74) is 2.04. The monoisotopic (exact) mass is 343 g/mol. The number of nitrogens with one attached hydrogen (secondary N) is 1. The van der Waals surface area contributed by atoms with Gasteiger partial charge in [-0.15, -0.1) is 0 Å². The lowest BCUT2D eigenvalue weighted by atomic mass is 9.93. The molecule has 0 bridgehead atoms. The summed E-state index contributed by atoms with van der Waals surface area (Å²) in [5, 5.41) is 12.0. The van der Waals surface area contributed by atoms with Gasteiger partial charge in [0.25, 0.3) is 5.91 Å². The highest BCUT2D eigenvalue weighted by Gasteiger charge is 2.39. The summed E-state index contributed by atoms with van der Waals surface area (Å²) < 4.78 is 5.54. The normalized spacial score (nSPS) is 17.2. The van der Waals surface area contributed by atoms with Gasteiger partial charge in [0.1, 0.15) is 0 Å². The van der Waals surface area contributed by atoms with Gasteiger partial charge < -0.3 is 15.0 Å². The van der Waals surface area contributed by atoms with Crippen LogP contribution in [0, 0.1) is 11.3 Å². The Balaban J connectivity index is 2.32. The van der Waals surface area contributed by atoms with Crippen LogP contribution in [0.5, 0.6) is 0 Å². The molecule has 1 aromatic carbocycles. The fourth-order valence-electron chi connectivity index (χ4n) is 3.12. The number of alkyl carbamates (subject to hydrolysis) is 1. The zero-order chi connectivity index (χ0) is 18.8. The van der Waals surface area contributed by atoms with Crippen molar-refractivity contribution in [2.24, 2.45) is 0 Å². The largest absolute Gasteiger partial charge is 0.435 e. The number of nitrogens with zero attached hydrogens (tertiary/aromatic N) is 2. The Morgan fingerprint density at radius 1 is 1.36 bits per heavy atom. The third-order valence-electron chi connectivity index (χ3n) is 4.20. The number of hydrogen-bond donors (Lipinski definition) is 1. The van der Waals surface area contributed by atoms with Crippen molar-refractivity contribution in [3.8, 4) is 6.07 Å². The van der Waals surface area contributed by atoms with Gasteiger partial charge in [-0.3, -0.25) is 4.79 Å². The van der Waals surface area contributed by atoms with Gasteiger partial charge in [0.15, 0.2) is 6.10 Å². The van der Waals surface area contributed by atoms with E-state index in [9.17, 15) is 14.9 Å². The summed E-state index contributed by atoms with van der Waals surface area (Å²) in [5.74, 6) is -0.506. The van der Waals surface area contributed by atoms with E-state index in [1.54, 1.807) is 20.2 Å². The third kappa shape index (κ3) is 4.30. The van der Waals surface area contributed by atoms with Gasteiger partial charge in [-0.25, -0.2) is 4.79 Å². The zero-order valence-electron chi connectivity index (χ0n) is 15.4. The lowest BCUT2D eigenvalue weighted by molar-refractivity contribution is -0.139. The molecule has 2 rings (SSSR count). The predicted octanol–water partition coefficient (Wildman–Crippen LogP) is 2.57. The number of carbonyl (C=O) groups is 2. The molecule has 0 saturated carbocycles. The molecule has 0 saturated heterocycles. The molecule has 6 nitrogen and oxygen atoms in total. The van der Waals surface area contributed by atoms with Crippen LogP contribution in [0.25, 0.3) is 0 Å². The van der Waals surface area contributed by atoms with Gasteiger partial charge >= 0.3 is 6.09 Å². The molecule has 25 heavy (non-hydrogen) atoms. The Bertz CT molecular complexity index is 714. The molecule has 1 N–H and O–H groups in total. The van der Waals surface area contributed by atoms with Gasteiger partial charge in [-0.05, 0) is 50.8 Å². The third-order valence-corrected chi connectivity index (χ3v) is 4.20. The number of amides is 2. The van der Waals surface area contributed by atoms with Crippen molar-refractivity contribution in [3.63, 3.8) is 0 Å². The minimum absolute atomic E-state index is 0.246. The first kappa shape index (κ1) is 18.8. The number of hydrogen-bond acceptors (Lipinski definition) is 4. The van der Waals surface area contributed by atoms with E-state index >= 15 is 0 Å². The molecule has 1 aliphatic carbocycles. The van der Waals surface area contributed by atoms with Crippen LogP contribution in [0.3, 0.4) is 0 Å². The summed E-state index contributed by atoms with van der Waals surface area (Å²) in [4.78, 5) is 26.3. The zero-order valence-corrected chi connectivity index (χ0v) is 15.4. The first-order valence-corrected chi connectivity index (χ1v) is 8.36. The van der Waals surface area contributed by atoms with Crippen molar-refractivity contribution < 1.29 is 14.3 Å². The maximum absolute atomic E-state index is 12.7. The van der Waals surface area contributed by atoms with Gasteiger partial charge in [0, 0.05) is 25.6 Å². The van der Waals surface area contributed by atoms with E-state index in [2.05, 4.69) is 11.4 Å². The molecule has 0 radical (unpaired) electrons. The minimum Gasteiger partial charge on any atom is -0.435 e. The highest BCUT2D eigenvalue weighted by molar-refractivity contribution is 5.84. The van der Waals surface area contributed by atoms with E-state index in [1.807, 2.05) is 32.9 Å². The SMILES string of the molecule is CN(C)C(=O)C(OC(=O)NC(C)(C)C)C1CCc2c(C#N)cccc21. The van der Waals surface area contributed by atoms with E-state index in [-0.39, 0.29) is 11.8 Å². The Labute approximate surface area is 148 Å². The van der Waals surface area contributed by atoms with Crippen LogP contribution >= 0.6 is 0 Å². The van der Waals surface area contributed by atoms with Crippen LogP contribution in [0.15, 0.2) is 18.2 Å². The van der Waals surface area contributed by atoms with Crippen molar-refractivity contribution in [1.82, 2.24) is 10.2 Å². The van der Waals surface area contributed by atoms with Gasteiger partial charge in [0.05, 0.1) is 11.6 Å². The Morgan fingerprint density at radius 2 is 2.04 bits per heavy atom. The lowest BCUT2D eigenvalue weighted by Crippen LogP contribution is -2.46. The Kier molecular flexibility index (Phi) is 5.36. The Morgan fingerprint density at radius 3 is 2.60 bits per heavy atom. The summed E-state index contributed by atoms with van der Waals surface area (Å²) in [7, 11) is 3.28. The average molecular weight is 343 g/mol. The summed E-state index contributed by atoms with van der Waals surface area (Å²) in [6.07, 6.45) is -0.156. The number of benzene rings is 1. The van der Waals surface area contributed by atoms with Crippen molar-refractivity contribution in [3.05, 3.63) is 34.9 Å². The van der Waals surface area contributed by atoms with Gasteiger partial charge in [-0.2, -0.15) is 5.26 Å². The molecular weight excluding hydrogens is 318 g/mol. The molecule has 0 heterocycles. The van der Waals surface area contributed by atoms with Crippen LogP contribution in [-0.2, 0) is 16.0 Å². The second-order valence-corrected chi connectivity index (χ2v) is 7.56. The molecule has 1 aromatic rings. The quantitative estimate of drug-likeness (QED) is 0.914. The molecule has 0 aromatic heterocycles. The van der Waals surface area contributed by atoms with Crippen molar-refractivity contribution in [1.29, 1.82) is 5.26 Å². The van der Waals surface area contributed by atoms with E-state index in [0.717, 1.165) is 11.1 Å². The van der Waals surface area contributed by atoms with Crippen LogP contribution in [0.2, 0.25) is 0 Å². The molecule has 0 spiro atoms. The van der Waals surface area contributed by atoms with E-state index in [1.165, 1.54) is 4.90 Å². The summed E-state index contributed by atoms with van der Waals surface area (Å²) in [6.45, 7) is 5.54. The molecule has 2 atom stereocenters. The second kappa shape index (κ2) is 7.14. The first-order chi connectivity index (χ1) is 11.6. The van der Waals surface area contributed by atoms with Crippen LogP contribution in [0.4, 0.5) is 4.79 Å². The topological polar surface area (TPSA) is 82.4 Å². The number of likely N-dealkylation sites (N-methyl/N-ethyl adjacent to an activating group) is 1. The average Bonchev–Trinajstić information content (AvgIpc) is 2.93. The maximum atomic E-state index is 12.7. The lowest BCUT2D eigenvalue weighted by Gasteiger charge is -2.28. The molecule has 0 fully saturated rings. The number of fused-ring (bicyclic) bond motifs is 1. The van der Waals surface area contributed by atoms with Gasteiger partial charge in [0.2, 0.25) is 0 Å². The number of rotatable bonds is 3. The second-order valence-electron chi connectivity index (χ2n) is 7.56. The van der Waals surface area contributed by atoms with Gasteiger partial charge in [-0.1, -0.05) is 12.1 Å². The van der Waals surface area contributed by atoms with Crippen LogP contribution in [-0.4, -0.2) is 42.6 Å². The maximum Gasteiger partial charge on any atom is 0.408 e. The highest BCUT2D eigenvalue weighted by atomic mass is 16.6. The van der Waals surface area contributed by atoms with Crippen molar-refractivity contribution in [2.45, 2.75) is 51.2 Å². The predicted molar refractivity (Wildman–Crippen MR) is 94.1 cm³/mol. The van der Waals surface area contributed by atoms with Crippen LogP contribution in [0.1, 0.15) is 49.8 Å². The highest BCUT2D eigenvalue weighted by Crippen LogP contribution is 2.38. The van der Waals surface area contributed by atoms with E-state index in [0.29, 0.717) is 18.4 Å². The van der Waals surface area contributed by atoms with E-state index in [4.69, 9.17) is 4.74 Å². The smallest absolute Gasteiger partial charge is 0.408 e. The standard InChI is InChI=1S/C19H25N3O3/c1-19(2,3)21-18(24)25-16(17(23)22(4)5)15-10-9-13-12(11-20)7-6-8-14(13)15/h6-8,15-16H,9-10H2,1-5H3,(H,21,24). The number of nitriles is 1. The first-order valence-electron chi connectivity index (χ1n) is 8.36. The fraction of sp³-hybridized carbons (Fsp3) is 0.526. The molecule has 0 aliphatic heterocycles. The fourth-order valence-corrected chi connectivity index (χ4v) is 3.12. The molecule has 134 valence electrons. The van der Waals surface area contributed by atoms with Crippen molar-refractivity contribution >= 4 is 12.0 Å². The summed E-state index contributed by atoms with van der Waals surface area (Å²) in [6, 6.07) is 7.69. The molecule has 6 heteroatoms. The van der Waals surface area contributed by atoms with Crippen molar-refractivity contribution in [2.75, 3.05) is 14.1 Å². The number of ether oxygens (including phenoxy) is 1. The molecule has 2 unspecified atom stereocenters. The Hall–Kier alpha value is -2.55.